The van der Waals surface area contributed by atoms with Crippen LogP contribution in [-0.4, -0.2) is 56.2 Å². The zero-order valence-electron chi connectivity index (χ0n) is 16.1. The smallest absolute Gasteiger partial charge is 0.252 e. The Morgan fingerprint density at radius 3 is 2.52 bits per heavy atom. The standard InChI is InChI=1S/C22H27N3O2/c1-22(15-17-14-19(27-2)8-9-20(17)21(26)23-22)16-24-10-12-25(13-11-24)18-6-4-3-5-7-18/h3-9,14H,10-13,15-16H2,1-2H3,(H,23,26). The van der Waals surface area contributed by atoms with E-state index in [9.17, 15) is 4.79 Å². The SMILES string of the molecule is COc1ccc2c(c1)CC(C)(CN1CCN(c3ccccc3)CC1)NC2=O. The first-order valence-electron chi connectivity index (χ1n) is 9.58. The number of anilines is 1. The maximum absolute atomic E-state index is 12.6. The van der Waals surface area contributed by atoms with Crippen molar-refractivity contribution in [3.05, 3.63) is 59.7 Å². The topological polar surface area (TPSA) is 44.8 Å². The highest BCUT2D eigenvalue weighted by atomic mass is 16.5. The number of nitrogens with one attached hydrogen (secondary N) is 1. The molecule has 0 aliphatic carbocycles. The van der Waals surface area contributed by atoms with E-state index in [4.69, 9.17) is 4.74 Å². The summed E-state index contributed by atoms with van der Waals surface area (Å²) in [7, 11) is 1.66. The molecule has 5 heteroatoms. The van der Waals surface area contributed by atoms with Gasteiger partial charge in [-0.2, -0.15) is 0 Å². The fourth-order valence-corrected chi connectivity index (χ4v) is 4.26. The molecule has 0 bridgehead atoms. The van der Waals surface area contributed by atoms with Crippen LogP contribution in [0.25, 0.3) is 0 Å². The van der Waals surface area contributed by atoms with E-state index in [0.29, 0.717) is 0 Å². The van der Waals surface area contributed by atoms with Gasteiger partial charge in [0.05, 0.1) is 12.6 Å². The van der Waals surface area contributed by atoms with Gasteiger partial charge in [0.15, 0.2) is 0 Å². The quantitative estimate of drug-likeness (QED) is 0.905. The Bertz CT molecular complexity index is 816. The largest absolute Gasteiger partial charge is 0.497 e. The first-order valence-corrected chi connectivity index (χ1v) is 9.58. The van der Waals surface area contributed by atoms with Crippen LogP contribution in [0.2, 0.25) is 0 Å². The van der Waals surface area contributed by atoms with Gasteiger partial charge in [0.1, 0.15) is 5.75 Å². The Labute approximate surface area is 160 Å². The molecule has 0 radical (unpaired) electrons. The van der Waals surface area contributed by atoms with Crippen molar-refractivity contribution in [2.75, 3.05) is 44.7 Å². The second kappa shape index (κ2) is 7.24. The lowest BCUT2D eigenvalue weighted by atomic mass is 9.85. The second-order valence-corrected chi connectivity index (χ2v) is 7.81. The number of benzene rings is 2. The van der Waals surface area contributed by atoms with Gasteiger partial charge < -0.3 is 15.0 Å². The molecule has 1 fully saturated rings. The lowest BCUT2D eigenvalue weighted by Gasteiger charge is -2.43. The molecule has 0 aromatic heterocycles. The number of ether oxygens (including phenoxy) is 1. The summed E-state index contributed by atoms with van der Waals surface area (Å²) in [5.41, 5.74) is 2.87. The first kappa shape index (κ1) is 17.9. The number of rotatable bonds is 4. The normalized spacial score (nSPS) is 22.9. The highest BCUT2D eigenvalue weighted by Gasteiger charge is 2.36. The van der Waals surface area contributed by atoms with Gasteiger partial charge in [-0.15, -0.1) is 0 Å². The lowest BCUT2D eigenvalue weighted by molar-refractivity contribution is 0.0847. The van der Waals surface area contributed by atoms with Gasteiger partial charge in [-0.25, -0.2) is 0 Å². The van der Waals surface area contributed by atoms with Crippen LogP contribution in [0.4, 0.5) is 5.69 Å². The van der Waals surface area contributed by atoms with Gasteiger partial charge in [-0.05, 0) is 49.2 Å². The van der Waals surface area contributed by atoms with Gasteiger partial charge in [-0.3, -0.25) is 9.69 Å². The van der Waals surface area contributed by atoms with Gasteiger partial charge in [0.2, 0.25) is 0 Å². The average Bonchev–Trinajstić information content (AvgIpc) is 2.68. The summed E-state index contributed by atoms with van der Waals surface area (Å²) >= 11 is 0. The molecular formula is C22H27N3O2. The van der Waals surface area contributed by atoms with Crippen LogP contribution in [0.1, 0.15) is 22.8 Å². The maximum Gasteiger partial charge on any atom is 0.252 e. The Morgan fingerprint density at radius 2 is 1.81 bits per heavy atom. The van der Waals surface area contributed by atoms with Crippen LogP contribution in [0.3, 0.4) is 0 Å². The molecule has 142 valence electrons. The molecule has 2 aromatic rings. The van der Waals surface area contributed by atoms with Crippen LogP contribution in [0.5, 0.6) is 5.75 Å². The van der Waals surface area contributed by atoms with E-state index in [0.717, 1.165) is 56.0 Å². The third kappa shape index (κ3) is 3.78. The molecule has 1 saturated heterocycles. The van der Waals surface area contributed by atoms with Crippen molar-refractivity contribution in [1.82, 2.24) is 10.2 Å². The molecule has 1 N–H and O–H groups in total. The Balaban J connectivity index is 1.41. The minimum Gasteiger partial charge on any atom is -0.497 e. The number of fused-ring (bicyclic) bond motifs is 1. The fraction of sp³-hybridized carbons (Fsp3) is 0.409. The van der Waals surface area contributed by atoms with Gasteiger partial charge in [-0.1, -0.05) is 18.2 Å². The fourth-order valence-electron chi connectivity index (χ4n) is 4.26. The third-order valence-corrected chi connectivity index (χ3v) is 5.62. The highest BCUT2D eigenvalue weighted by molar-refractivity contribution is 5.97. The summed E-state index contributed by atoms with van der Waals surface area (Å²) in [5.74, 6) is 0.826. The number of nitrogens with zero attached hydrogens (tertiary/aromatic N) is 2. The van der Waals surface area contributed by atoms with Crippen LogP contribution >= 0.6 is 0 Å². The summed E-state index contributed by atoms with van der Waals surface area (Å²) in [6, 6.07) is 16.3. The van der Waals surface area contributed by atoms with Crippen molar-refractivity contribution < 1.29 is 9.53 Å². The molecule has 27 heavy (non-hydrogen) atoms. The van der Waals surface area contributed by atoms with E-state index in [1.54, 1.807) is 7.11 Å². The Hall–Kier alpha value is -2.53. The molecule has 0 saturated carbocycles. The molecule has 1 unspecified atom stereocenters. The minimum absolute atomic E-state index is 0.0179. The summed E-state index contributed by atoms with van der Waals surface area (Å²) in [4.78, 5) is 17.5. The summed E-state index contributed by atoms with van der Waals surface area (Å²) in [6.45, 7) is 7.04. The van der Waals surface area contributed by atoms with E-state index in [1.807, 2.05) is 18.2 Å². The van der Waals surface area contributed by atoms with Crippen molar-refractivity contribution in [1.29, 1.82) is 0 Å². The van der Waals surface area contributed by atoms with Crippen molar-refractivity contribution in [3.8, 4) is 5.75 Å². The molecule has 2 heterocycles. The van der Waals surface area contributed by atoms with Gasteiger partial charge >= 0.3 is 0 Å². The molecule has 2 aliphatic rings. The van der Waals surface area contributed by atoms with Crippen LogP contribution in [-0.2, 0) is 6.42 Å². The molecule has 2 aliphatic heterocycles. The zero-order chi connectivity index (χ0) is 18.9. The molecule has 2 aromatic carbocycles. The lowest BCUT2D eigenvalue weighted by Crippen LogP contribution is -2.60. The minimum atomic E-state index is -0.259. The number of carbonyl (C=O) groups is 1. The van der Waals surface area contributed by atoms with E-state index < -0.39 is 0 Å². The molecule has 1 amide bonds. The number of hydrogen-bond acceptors (Lipinski definition) is 4. The number of piperazine rings is 1. The van der Waals surface area contributed by atoms with Gasteiger partial charge in [0.25, 0.3) is 5.91 Å². The van der Waals surface area contributed by atoms with Crippen molar-refractivity contribution in [3.63, 3.8) is 0 Å². The van der Waals surface area contributed by atoms with Crippen LogP contribution < -0.4 is 15.0 Å². The summed E-state index contributed by atoms with van der Waals surface area (Å²) in [5, 5.41) is 3.24. The number of methoxy groups -OCH3 is 1. The third-order valence-electron chi connectivity index (χ3n) is 5.62. The predicted molar refractivity (Wildman–Crippen MR) is 108 cm³/mol. The Morgan fingerprint density at radius 1 is 1.07 bits per heavy atom. The van der Waals surface area contributed by atoms with Gasteiger partial charge in [0, 0.05) is 44.0 Å². The van der Waals surface area contributed by atoms with E-state index in [2.05, 4.69) is 52.4 Å². The number of carbonyl (C=O) groups excluding carboxylic acids is 1. The zero-order valence-corrected chi connectivity index (χ0v) is 16.1. The Kier molecular flexibility index (Phi) is 4.79. The molecular weight excluding hydrogens is 338 g/mol. The van der Waals surface area contributed by atoms with E-state index >= 15 is 0 Å². The summed E-state index contributed by atoms with van der Waals surface area (Å²) < 4.78 is 5.34. The highest BCUT2D eigenvalue weighted by Crippen LogP contribution is 2.28. The number of hydrogen-bond donors (Lipinski definition) is 1. The average molecular weight is 365 g/mol. The molecule has 5 nitrogen and oxygen atoms in total. The maximum atomic E-state index is 12.6. The molecule has 1 atom stereocenters. The number of para-hydroxylation sites is 1. The predicted octanol–water partition coefficient (Wildman–Crippen LogP) is 2.56. The first-order chi connectivity index (χ1) is 13.1. The van der Waals surface area contributed by atoms with Crippen LogP contribution in [0.15, 0.2) is 48.5 Å². The number of amides is 1. The van der Waals surface area contributed by atoms with E-state index in [1.165, 1.54) is 5.69 Å². The second-order valence-electron chi connectivity index (χ2n) is 7.81. The van der Waals surface area contributed by atoms with Crippen molar-refractivity contribution in [2.24, 2.45) is 0 Å². The van der Waals surface area contributed by atoms with Crippen molar-refractivity contribution >= 4 is 11.6 Å². The van der Waals surface area contributed by atoms with E-state index in [-0.39, 0.29) is 11.4 Å². The van der Waals surface area contributed by atoms with Crippen molar-refractivity contribution in [2.45, 2.75) is 18.9 Å². The molecule has 0 spiro atoms. The van der Waals surface area contributed by atoms with Crippen LogP contribution in [0, 0.1) is 0 Å². The monoisotopic (exact) mass is 365 g/mol. The summed E-state index contributed by atoms with van der Waals surface area (Å²) in [6.07, 6.45) is 0.824. The molecule has 4 rings (SSSR count).